The first-order valence-electron chi connectivity index (χ1n) is 15.2. The molecule has 2 aromatic carbocycles. The van der Waals surface area contributed by atoms with Crippen molar-refractivity contribution in [2.75, 3.05) is 25.0 Å². The molecule has 45 heavy (non-hydrogen) atoms. The van der Waals surface area contributed by atoms with E-state index in [4.69, 9.17) is 9.47 Å². The number of nitrogens with zero attached hydrogens (tertiary/aromatic N) is 1. The Morgan fingerprint density at radius 1 is 0.822 bits per heavy atom. The number of aryl methyl sites for hydroxylation is 1. The molecule has 0 saturated carbocycles. The third-order valence-electron chi connectivity index (χ3n) is 6.49. The Morgan fingerprint density at radius 3 is 2.04 bits per heavy atom. The van der Waals surface area contributed by atoms with Gasteiger partial charge in [-0.25, -0.2) is 9.59 Å². The normalized spacial score (nSPS) is 12.0. The van der Waals surface area contributed by atoms with Crippen LogP contribution in [0.25, 0.3) is 0 Å². The molecule has 2 rings (SSSR count). The van der Waals surface area contributed by atoms with E-state index in [1.807, 2.05) is 19.1 Å². The molecule has 3 N–H and O–H groups in total. The van der Waals surface area contributed by atoms with E-state index in [1.54, 1.807) is 85.0 Å². The fraction of sp³-hybridized carbons (Fsp3) is 0.500. The summed E-state index contributed by atoms with van der Waals surface area (Å²) in [6.45, 7) is 12.4. The molecule has 0 unspecified atom stereocenters. The maximum atomic E-state index is 13.4. The maximum Gasteiger partial charge on any atom is 0.408 e. The van der Waals surface area contributed by atoms with Gasteiger partial charge in [-0.3, -0.25) is 14.4 Å². The molecular formula is C34H48N4O7. The Labute approximate surface area is 266 Å². The summed E-state index contributed by atoms with van der Waals surface area (Å²) in [4.78, 5) is 65.5. The number of likely N-dealkylation sites (N-methyl/N-ethyl adjacent to an activating group) is 1. The maximum absolute atomic E-state index is 13.4. The number of unbranched alkanes of at least 4 members (excludes halogenated alkanes) is 1. The van der Waals surface area contributed by atoms with E-state index < -0.39 is 41.2 Å². The molecule has 0 saturated heterocycles. The molecule has 4 amide bonds. The second-order valence-electron chi connectivity index (χ2n) is 12.7. The van der Waals surface area contributed by atoms with Crippen LogP contribution in [0, 0.1) is 0 Å². The van der Waals surface area contributed by atoms with Crippen molar-refractivity contribution in [1.82, 2.24) is 16.0 Å². The van der Waals surface area contributed by atoms with Gasteiger partial charge in [-0.05, 0) is 84.9 Å². The van der Waals surface area contributed by atoms with Crippen molar-refractivity contribution in [2.45, 2.75) is 91.4 Å². The van der Waals surface area contributed by atoms with Gasteiger partial charge in [0.1, 0.15) is 17.2 Å². The van der Waals surface area contributed by atoms with Crippen LogP contribution in [0.1, 0.15) is 89.2 Å². The van der Waals surface area contributed by atoms with E-state index in [0.717, 1.165) is 5.56 Å². The van der Waals surface area contributed by atoms with Crippen LogP contribution >= 0.6 is 0 Å². The van der Waals surface area contributed by atoms with Crippen molar-refractivity contribution < 1.29 is 33.4 Å². The van der Waals surface area contributed by atoms with Crippen molar-refractivity contribution in [3.8, 4) is 0 Å². The van der Waals surface area contributed by atoms with Crippen LogP contribution in [0.4, 0.5) is 15.3 Å². The number of amides is 4. The molecule has 11 nitrogen and oxygen atoms in total. The van der Waals surface area contributed by atoms with Crippen LogP contribution in [-0.2, 0) is 25.5 Å². The average Bonchev–Trinajstić information content (AvgIpc) is 2.96. The SMILES string of the molecule is CCc1ccc(N(C)C(=O)CNC(=O)[C@H](CCCCNC(=O)OC(C)(C)C)NC(=O)OC(C)(C)C)c(C(=O)c2ccccc2)c1. The molecule has 0 bridgehead atoms. The Balaban J connectivity index is 2.08. The lowest BCUT2D eigenvalue weighted by Crippen LogP contribution is -2.50. The largest absolute Gasteiger partial charge is 0.444 e. The minimum atomic E-state index is -0.987. The zero-order chi connectivity index (χ0) is 33.8. The number of nitrogens with one attached hydrogen (secondary N) is 3. The third-order valence-corrected chi connectivity index (χ3v) is 6.49. The highest BCUT2D eigenvalue weighted by molar-refractivity contribution is 6.14. The monoisotopic (exact) mass is 624 g/mol. The molecule has 0 fully saturated rings. The van der Waals surface area contributed by atoms with Gasteiger partial charge < -0.3 is 30.3 Å². The van der Waals surface area contributed by atoms with Crippen molar-refractivity contribution in [3.05, 3.63) is 65.2 Å². The van der Waals surface area contributed by atoms with Crippen LogP contribution in [0.3, 0.4) is 0 Å². The lowest BCUT2D eigenvalue weighted by atomic mass is 9.98. The fourth-order valence-electron chi connectivity index (χ4n) is 4.26. The van der Waals surface area contributed by atoms with Crippen molar-refractivity contribution in [3.63, 3.8) is 0 Å². The van der Waals surface area contributed by atoms with Gasteiger partial charge in [-0.1, -0.05) is 43.3 Å². The quantitative estimate of drug-likeness (QED) is 0.207. The van der Waals surface area contributed by atoms with E-state index in [-0.39, 0.29) is 18.7 Å². The first-order chi connectivity index (χ1) is 21.0. The molecule has 246 valence electrons. The zero-order valence-electron chi connectivity index (χ0n) is 27.7. The molecule has 0 aliphatic rings. The third kappa shape index (κ3) is 13.0. The predicted molar refractivity (Wildman–Crippen MR) is 173 cm³/mol. The van der Waals surface area contributed by atoms with Crippen molar-refractivity contribution in [1.29, 1.82) is 0 Å². The highest BCUT2D eigenvalue weighted by atomic mass is 16.6. The van der Waals surface area contributed by atoms with E-state index in [1.165, 1.54) is 4.90 Å². The van der Waals surface area contributed by atoms with Gasteiger partial charge in [0.2, 0.25) is 11.8 Å². The second-order valence-corrected chi connectivity index (χ2v) is 12.7. The van der Waals surface area contributed by atoms with E-state index in [0.29, 0.717) is 42.6 Å². The Bertz CT molecular complexity index is 1330. The van der Waals surface area contributed by atoms with Gasteiger partial charge in [-0.15, -0.1) is 0 Å². The molecule has 11 heteroatoms. The van der Waals surface area contributed by atoms with Gasteiger partial charge in [-0.2, -0.15) is 0 Å². The van der Waals surface area contributed by atoms with E-state index in [2.05, 4.69) is 16.0 Å². The van der Waals surface area contributed by atoms with Crippen LogP contribution in [0.5, 0.6) is 0 Å². The number of rotatable bonds is 13. The van der Waals surface area contributed by atoms with Gasteiger partial charge in [0.05, 0.1) is 12.2 Å². The summed E-state index contributed by atoms with van der Waals surface area (Å²) >= 11 is 0. The van der Waals surface area contributed by atoms with Crippen LogP contribution in [0.15, 0.2) is 48.5 Å². The minimum Gasteiger partial charge on any atom is -0.444 e. The zero-order valence-corrected chi connectivity index (χ0v) is 27.7. The van der Waals surface area contributed by atoms with Gasteiger partial charge in [0.15, 0.2) is 5.78 Å². The first-order valence-corrected chi connectivity index (χ1v) is 15.2. The van der Waals surface area contributed by atoms with Crippen molar-refractivity contribution >= 4 is 35.5 Å². The highest BCUT2D eigenvalue weighted by Gasteiger charge is 2.26. The van der Waals surface area contributed by atoms with E-state index >= 15 is 0 Å². The van der Waals surface area contributed by atoms with Crippen LogP contribution < -0.4 is 20.9 Å². The lowest BCUT2D eigenvalue weighted by Gasteiger charge is -2.24. The summed E-state index contributed by atoms with van der Waals surface area (Å²) in [5.41, 5.74) is 0.855. The summed E-state index contributed by atoms with van der Waals surface area (Å²) in [5.74, 6) is -1.23. The average molecular weight is 625 g/mol. The molecule has 0 aromatic heterocycles. The fourth-order valence-corrected chi connectivity index (χ4v) is 4.26. The first kappa shape index (κ1) is 36.8. The molecule has 0 aliphatic carbocycles. The summed E-state index contributed by atoms with van der Waals surface area (Å²) in [6, 6.07) is 13.2. The molecule has 0 aliphatic heterocycles. The number of hydrogen-bond donors (Lipinski definition) is 3. The number of ketones is 1. The highest BCUT2D eigenvalue weighted by Crippen LogP contribution is 2.25. The molecule has 1 atom stereocenters. The number of carbonyl (C=O) groups is 5. The van der Waals surface area contributed by atoms with Gasteiger partial charge in [0, 0.05) is 24.7 Å². The molecule has 0 radical (unpaired) electrons. The molecule has 0 heterocycles. The lowest BCUT2D eigenvalue weighted by molar-refractivity contribution is -0.126. The summed E-state index contributed by atoms with van der Waals surface area (Å²) in [6.07, 6.45) is 0.645. The second kappa shape index (κ2) is 16.6. The number of benzene rings is 2. The summed E-state index contributed by atoms with van der Waals surface area (Å²) in [7, 11) is 1.55. The number of ether oxygens (including phenoxy) is 2. The smallest absolute Gasteiger partial charge is 0.408 e. The number of alkyl carbamates (subject to hydrolysis) is 2. The number of carbonyl (C=O) groups excluding carboxylic acids is 5. The summed E-state index contributed by atoms with van der Waals surface area (Å²) in [5, 5.41) is 7.87. The Hall–Kier alpha value is -4.41. The van der Waals surface area contributed by atoms with Crippen molar-refractivity contribution in [2.24, 2.45) is 0 Å². The van der Waals surface area contributed by atoms with Crippen LogP contribution in [0.2, 0.25) is 0 Å². The minimum absolute atomic E-state index is 0.215. The molecule has 0 spiro atoms. The molecular weight excluding hydrogens is 576 g/mol. The van der Waals surface area contributed by atoms with Gasteiger partial charge in [0.25, 0.3) is 0 Å². The number of hydrogen-bond acceptors (Lipinski definition) is 7. The standard InChI is InChI=1S/C34H48N4O7/c1-9-23-18-19-27(25(21-23)29(40)24-15-11-10-12-16-24)38(8)28(39)22-36-30(41)26(37-32(43)45-34(5,6)7)17-13-14-20-35-31(42)44-33(2,3)4/h10-12,15-16,18-19,21,26H,9,13-14,17,20,22H2,1-8H3,(H,35,42)(H,36,41)(H,37,43)/t26-/m0/s1. The van der Waals surface area contributed by atoms with E-state index in [9.17, 15) is 24.0 Å². The predicted octanol–water partition coefficient (Wildman–Crippen LogP) is 5.15. The number of anilines is 1. The Morgan fingerprint density at radius 2 is 1.44 bits per heavy atom. The topological polar surface area (TPSA) is 143 Å². The Kier molecular flexibility index (Phi) is 13.6. The van der Waals surface area contributed by atoms with Crippen LogP contribution in [-0.4, -0.2) is 67.2 Å². The molecule has 2 aromatic rings. The van der Waals surface area contributed by atoms with Gasteiger partial charge >= 0.3 is 12.2 Å². The summed E-state index contributed by atoms with van der Waals surface area (Å²) < 4.78 is 10.5.